The highest BCUT2D eigenvalue weighted by atomic mass is 32.2. The first-order chi connectivity index (χ1) is 10.9. The predicted octanol–water partition coefficient (Wildman–Crippen LogP) is 0.469. The van der Waals surface area contributed by atoms with Gasteiger partial charge in [0.05, 0.1) is 19.5 Å². The fourth-order valence-corrected chi connectivity index (χ4v) is 4.09. The minimum atomic E-state index is -3.61. The number of hydrogen-bond acceptors (Lipinski definition) is 6. The zero-order chi connectivity index (χ0) is 16.6. The first-order valence-electron chi connectivity index (χ1n) is 6.98. The molecule has 23 heavy (non-hydrogen) atoms. The van der Waals surface area contributed by atoms with E-state index in [4.69, 9.17) is 15.1 Å². The van der Waals surface area contributed by atoms with Gasteiger partial charge in [-0.2, -0.15) is 0 Å². The van der Waals surface area contributed by atoms with Crippen molar-refractivity contribution in [2.45, 2.75) is 17.3 Å². The van der Waals surface area contributed by atoms with Crippen molar-refractivity contribution in [3.8, 4) is 5.75 Å². The van der Waals surface area contributed by atoms with E-state index in [0.29, 0.717) is 23.3 Å². The van der Waals surface area contributed by atoms with Crippen molar-refractivity contribution >= 4 is 28.1 Å². The predicted molar refractivity (Wildman–Crippen MR) is 87.1 cm³/mol. The number of methoxy groups -OCH3 is 1. The third kappa shape index (κ3) is 3.05. The highest BCUT2D eigenvalue weighted by molar-refractivity contribution is 7.90. The van der Waals surface area contributed by atoms with Crippen molar-refractivity contribution in [1.29, 1.82) is 0 Å². The van der Waals surface area contributed by atoms with E-state index in [1.807, 2.05) is 0 Å². The summed E-state index contributed by atoms with van der Waals surface area (Å²) in [5, 5.41) is 9.73. The molecule has 1 aliphatic rings. The maximum atomic E-state index is 12.7. The molecular weight excluding hydrogens is 317 g/mol. The van der Waals surface area contributed by atoms with Crippen LogP contribution in [-0.2, 0) is 26.9 Å². The topological polar surface area (TPSA) is 98.9 Å². The Hall–Kier alpha value is -2.03. The first-order valence-corrected chi connectivity index (χ1v) is 8.63. The SMILES string of the molecule is COc1cc(N)ccc1S(=O)(=O)Cc1ccc2c(c1)B(O)OC2. The number of fused-ring (bicyclic) bond motifs is 1. The van der Waals surface area contributed by atoms with E-state index in [1.165, 1.54) is 25.3 Å². The summed E-state index contributed by atoms with van der Waals surface area (Å²) in [6.45, 7) is 0.329. The Morgan fingerprint density at radius 2 is 2.09 bits per heavy atom. The Bertz CT molecular complexity index is 853. The Kier molecular flexibility index (Phi) is 4.05. The molecule has 3 N–H and O–H groups in total. The highest BCUT2D eigenvalue weighted by Gasteiger charge is 2.28. The molecule has 0 spiro atoms. The minimum Gasteiger partial charge on any atom is -0.495 e. The van der Waals surface area contributed by atoms with Crippen molar-refractivity contribution in [2.75, 3.05) is 12.8 Å². The Balaban J connectivity index is 1.95. The molecule has 0 unspecified atom stereocenters. The molecule has 0 saturated heterocycles. The molecule has 1 heterocycles. The number of rotatable bonds is 4. The lowest BCUT2D eigenvalue weighted by atomic mass is 9.79. The van der Waals surface area contributed by atoms with Gasteiger partial charge in [-0.05, 0) is 28.7 Å². The number of ether oxygens (including phenoxy) is 1. The van der Waals surface area contributed by atoms with Crippen LogP contribution in [0.5, 0.6) is 5.75 Å². The van der Waals surface area contributed by atoms with Crippen molar-refractivity contribution in [3.05, 3.63) is 47.5 Å². The fourth-order valence-electron chi connectivity index (χ4n) is 2.59. The van der Waals surface area contributed by atoms with E-state index in [1.54, 1.807) is 18.2 Å². The number of benzene rings is 2. The van der Waals surface area contributed by atoms with Crippen molar-refractivity contribution in [1.82, 2.24) is 0 Å². The molecular formula is C15H16BNO5S. The summed E-state index contributed by atoms with van der Waals surface area (Å²) in [5.74, 6) is 0.0160. The summed E-state index contributed by atoms with van der Waals surface area (Å²) in [7, 11) is -3.21. The van der Waals surface area contributed by atoms with Gasteiger partial charge < -0.3 is 20.1 Å². The second kappa shape index (κ2) is 5.88. The molecule has 0 bridgehead atoms. The summed E-state index contributed by atoms with van der Waals surface area (Å²) in [4.78, 5) is 0.0893. The lowest BCUT2D eigenvalue weighted by Gasteiger charge is -2.11. The smallest absolute Gasteiger partial charge is 0.491 e. The number of hydrogen-bond donors (Lipinski definition) is 2. The van der Waals surface area contributed by atoms with Crippen LogP contribution < -0.4 is 15.9 Å². The van der Waals surface area contributed by atoms with E-state index < -0.39 is 17.0 Å². The number of sulfone groups is 1. The third-order valence-corrected chi connectivity index (χ3v) is 5.47. The van der Waals surface area contributed by atoms with Crippen LogP contribution in [0.1, 0.15) is 11.1 Å². The van der Waals surface area contributed by atoms with Gasteiger partial charge in [0.2, 0.25) is 0 Å². The summed E-state index contributed by atoms with van der Waals surface area (Å²) < 4.78 is 35.6. The molecule has 3 rings (SSSR count). The van der Waals surface area contributed by atoms with E-state index in [0.717, 1.165) is 5.56 Å². The second-order valence-corrected chi connectivity index (χ2v) is 7.32. The molecule has 1 aliphatic heterocycles. The normalized spacial score (nSPS) is 13.9. The van der Waals surface area contributed by atoms with Crippen molar-refractivity contribution < 1.29 is 22.8 Å². The summed E-state index contributed by atoms with van der Waals surface area (Å²) >= 11 is 0. The summed E-state index contributed by atoms with van der Waals surface area (Å²) in [6.07, 6.45) is 0. The van der Waals surface area contributed by atoms with Crippen LogP contribution in [0.3, 0.4) is 0 Å². The Labute approximate surface area is 134 Å². The van der Waals surface area contributed by atoms with E-state index in [2.05, 4.69) is 0 Å². The molecule has 8 heteroatoms. The second-order valence-electron chi connectivity index (χ2n) is 5.37. The molecule has 2 aromatic carbocycles. The molecule has 6 nitrogen and oxygen atoms in total. The molecule has 2 aromatic rings. The average molecular weight is 333 g/mol. The standard InChI is InChI=1S/C15H16BNO5S/c1-21-14-7-12(17)4-5-15(14)23(19,20)9-10-2-3-11-8-22-16(18)13(11)6-10/h2-7,18H,8-9,17H2,1H3. The quantitative estimate of drug-likeness (QED) is 0.623. The largest absolute Gasteiger partial charge is 0.495 e. The van der Waals surface area contributed by atoms with Crippen molar-refractivity contribution in [3.63, 3.8) is 0 Å². The number of anilines is 1. The van der Waals surface area contributed by atoms with Crippen LogP contribution in [0, 0.1) is 0 Å². The molecule has 0 fully saturated rings. The third-order valence-electron chi connectivity index (χ3n) is 3.75. The molecule has 0 amide bonds. The zero-order valence-corrected chi connectivity index (χ0v) is 13.3. The lowest BCUT2D eigenvalue weighted by Crippen LogP contribution is -2.28. The first kappa shape index (κ1) is 15.9. The van der Waals surface area contributed by atoms with Crippen LogP contribution in [0.15, 0.2) is 41.3 Å². The Morgan fingerprint density at radius 3 is 2.83 bits per heavy atom. The molecule has 0 atom stereocenters. The van der Waals surface area contributed by atoms with Gasteiger partial charge in [0.1, 0.15) is 10.6 Å². The van der Waals surface area contributed by atoms with Crippen LogP contribution >= 0.6 is 0 Å². The van der Waals surface area contributed by atoms with Gasteiger partial charge >= 0.3 is 7.12 Å². The minimum absolute atomic E-state index is 0.0893. The van der Waals surface area contributed by atoms with E-state index in [9.17, 15) is 13.4 Å². The van der Waals surface area contributed by atoms with Gasteiger partial charge in [-0.25, -0.2) is 8.42 Å². The van der Waals surface area contributed by atoms with Crippen LogP contribution in [0.4, 0.5) is 5.69 Å². The molecule has 0 radical (unpaired) electrons. The zero-order valence-electron chi connectivity index (χ0n) is 12.5. The highest BCUT2D eigenvalue weighted by Crippen LogP contribution is 2.28. The van der Waals surface area contributed by atoms with Gasteiger partial charge in [0.15, 0.2) is 9.84 Å². The number of nitrogen functional groups attached to an aromatic ring is 1. The van der Waals surface area contributed by atoms with Gasteiger partial charge in [-0.15, -0.1) is 0 Å². The van der Waals surface area contributed by atoms with Crippen LogP contribution in [0.2, 0.25) is 0 Å². The lowest BCUT2D eigenvalue weighted by molar-refractivity contribution is 0.275. The molecule has 0 aromatic heterocycles. The molecule has 0 saturated carbocycles. The van der Waals surface area contributed by atoms with E-state index >= 15 is 0 Å². The van der Waals surface area contributed by atoms with Gasteiger partial charge in [-0.3, -0.25) is 0 Å². The van der Waals surface area contributed by atoms with Crippen molar-refractivity contribution in [2.24, 2.45) is 0 Å². The van der Waals surface area contributed by atoms with Crippen LogP contribution in [-0.4, -0.2) is 27.7 Å². The maximum absolute atomic E-state index is 12.7. The average Bonchev–Trinajstić information content (AvgIpc) is 2.87. The molecule has 0 aliphatic carbocycles. The maximum Gasteiger partial charge on any atom is 0.491 e. The Morgan fingerprint density at radius 1 is 1.30 bits per heavy atom. The fraction of sp³-hybridized carbons (Fsp3) is 0.200. The number of nitrogens with two attached hydrogens (primary N) is 1. The monoisotopic (exact) mass is 333 g/mol. The van der Waals surface area contributed by atoms with Gasteiger partial charge in [-0.1, -0.05) is 18.2 Å². The van der Waals surface area contributed by atoms with Gasteiger partial charge in [0, 0.05) is 11.8 Å². The van der Waals surface area contributed by atoms with Gasteiger partial charge in [0.25, 0.3) is 0 Å². The van der Waals surface area contributed by atoms with Crippen LogP contribution in [0.25, 0.3) is 0 Å². The van der Waals surface area contributed by atoms with E-state index in [-0.39, 0.29) is 16.4 Å². The summed E-state index contributed by atoms with van der Waals surface area (Å²) in [6, 6.07) is 9.60. The molecule has 120 valence electrons. The summed E-state index contributed by atoms with van der Waals surface area (Å²) in [5.41, 5.74) is 8.14.